The van der Waals surface area contributed by atoms with Gasteiger partial charge in [-0.15, -0.1) is 0 Å². The van der Waals surface area contributed by atoms with Crippen LogP contribution in [0.1, 0.15) is 38.2 Å². The highest BCUT2D eigenvalue weighted by Crippen LogP contribution is 2.50. The smallest absolute Gasteiger partial charge is 0.339 e. The third-order valence-electron chi connectivity index (χ3n) is 8.20. The molecule has 3 N–H and O–H groups in total. The lowest BCUT2D eigenvalue weighted by Crippen LogP contribution is -2.58. The molecule has 1 aromatic rings. The number of halogens is 5. The first-order valence-electron chi connectivity index (χ1n) is 13.6. The number of benzene rings is 1. The van der Waals surface area contributed by atoms with Gasteiger partial charge in [-0.3, -0.25) is 38.3 Å². The lowest BCUT2D eigenvalue weighted by atomic mass is 9.80. The van der Waals surface area contributed by atoms with Crippen molar-refractivity contribution < 1.29 is 60.0 Å². The number of para-hydroxylation sites is 1. The second-order valence-corrected chi connectivity index (χ2v) is 12.5. The minimum absolute atomic E-state index is 0.0363. The van der Waals surface area contributed by atoms with Crippen molar-refractivity contribution in [2.75, 3.05) is 25.2 Å². The van der Waals surface area contributed by atoms with Crippen LogP contribution >= 0.6 is 7.82 Å². The summed E-state index contributed by atoms with van der Waals surface area (Å²) in [5.74, 6) is -11.2. The minimum Gasteiger partial charge on any atom is -0.339 e. The largest absolute Gasteiger partial charge is 0.471 e. The Hall–Kier alpha value is -3.65. The highest BCUT2D eigenvalue weighted by Gasteiger charge is 2.64. The number of carbonyl (C=O) groups excluding carboxylic acids is 4. The van der Waals surface area contributed by atoms with Gasteiger partial charge in [0.1, 0.15) is 24.2 Å². The third kappa shape index (κ3) is 6.53. The third-order valence-corrected chi connectivity index (χ3v) is 8.65. The van der Waals surface area contributed by atoms with E-state index in [2.05, 4.69) is 9.37 Å². The lowest BCUT2D eigenvalue weighted by molar-refractivity contribution is -0.270. The molecule has 246 valence electrons. The second kappa shape index (κ2) is 11.9. The van der Waals surface area contributed by atoms with Crippen molar-refractivity contribution in [2.24, 2.45) is 5.92 Å². The molecule has 0 unspecified atom stereocenters. The van der Waals surface area contributed by atoms with Gasteiger partial charge in [0, 0.05) is 13.6 Å². The predicted octanol–water partition coefficient (Wildman–Crippen LogP) is 2.14. The van der Waals surface area contributed by atoms with E-state index in [1.807, 2.05) is 0 Å². The van der Waals surface area contributed by atoms with Crippen LogP contribution in [0.25, 0.3) is 4.85 Å². The maximum atomic E-state index is 14.0. The summed E-state index contributed by atoms with van der Waals surface area (Å²) >= 11 is 0. The molecule has 1 aromatic carbocycles. The molecule has 1 saturated heterocycles. The highest BCUT2D eigenvalue weighted by molar-refractivity contribution is 7.46. The van der Waals surface area contributed by atoms with E-state index in [9.17, 15) is 55.5 Å². The Morgan fingerprint density at radius 1 is 1.22 bits per heavy atom. The van der Waals surface area contributed by atoms with E-state index in [1.54, 1.807) is 18.2 Å². The number of phosphoric ester groups is 1. The maximum Gasteiger partial charge on any atom is 0.471 e. The van der Waals surface area contributed by atoms with Gasteiger partial charge in [0.15, 0.2) is 0 Å². The van der Waals surface area contributed by atoms with E-state index in [0.717, 1.165) is 28.7 Å². The monoisotopic (exact) mass is 665 g/mol. The Labute approximate surface area is 253 Å². The molecule has 1 saturated carbocycles. The lowest BCUT2D eigenvalue weighted by Gasteiger charge is -2.33. The van der Waals surface area contributed by atoms with E-state index in [-0.39, 0.29) is 31.0 Å². The predicted molar refractivity (Wildman–Crippen MR) is 143 cm³/mol. The molecule has 2 fully saturated rings. The normalized spacial score (nSPS) is 23.0. The van der Waals surface area contributed by atoms with Crippen LogP contribution in [0.5, 0.6) is 0 Å². The van der Waals surface area contributed by atoms with Gasteiger partial charge in [-0.1, -0.05) is 31.0 Å². The first-order valence-corrected chi connectivity index (χ1v) is 15.1. The molecule has 3 aliphatic rings. The molecule has 4 atom stereocenters. The highest BCUT2D eigenvalue weighted by atomic mass is 31.2. The van der Waals surface area contributed by atoms with Crippen LogP contribution in [0.4, 0.5) is 27.6 Å². The number of carbonyl (C=O) groups is 4. The summed E-state index contributed by atoms with van der Waals surface area (Å²) in [4.78, 5) is 77.4. The van der Waals surface area contributed by atoms with Crippen molar-refractivity contribution >= 4 is 37.1 Å². The van der Waals surface area contributed by atoms with E-state index in [4.69, 9.17) is 6.57 Å². The van der Waals surface area contributed by atoms with Crippen LogP contribution in [0.3, 0.4) is 0 Å². The number of nitrogens with one attached hydrogen (secondary N) is 1. The van der Waals surface area contributed by atoms with Gasteiger partial charge in [-0.25, -0.2) is 11.1 Å². The van der Waals surface area contributed by atoms with Crippen LogP contribution in [-0.4, -0.2) is 93.9 Å². The van der Waals surface area contributed by atoms with Crippen molar-refractivity contribution in [3.63, 3.8) is 0 Å². The number of phosphoric acid groups is 1. The fourth-order valence-electron chi connectivity index (χ4n) is 5.65. The molecular weight excluding hydrogens is 636 g/mol. The molecule has 2 aliphatic heterocycles. The number of nitrogens with zero attached hydrogens (tertiary/aromatic N) is 4. The molecule has 45 heavy (non-hydrogen) atoms. The van der Waals surface area contributed by atoms with E-state index >= 15 is 0 Å². The molecule has 0 radical (unpaired) electrons. The second-order valence-electron chi connectivity index (χ2n) is 11.3. The van der Waals surface area contributed by atoms with Crippen LogP contribution < -0.4 is 10.2 Å². The Morgan fingerprint density at radius 2 is 1.84 bits per heavy atom. The number of amides is 4. The molecule has 4 rings (SSSR count). The molecule has 4 amide bonds. The van der Waals surface area contributed by atoms with Crippen LogP contribution in [-0.2, 0) is 33.7 Å². The van der Waals surface area contributed by atoms with Gasteiger partial charge in [0.05, 0.1) is 12.1 Å². The number of rotatable bonds is 10. The Morgan fingerprint density at radius 3 is 2.40 bits per heavy atom. The average Bonchev–Trinajstić information content (AvgIpc) is 3.65. The SMILES string of the molecule is [C-]#[N+][C@@H]1C[C@@]2(CN1C(=O)[C@H](CC1CC1)N(C)C(=O)[C@H](C)NC(=O)C(F)(F)C(F)(F)F)C(=O)N(COP(=O)(O)O)c1ccccc12. The fraction of sp³-hybridized carbons (Fsp3) is 0.577. The summed E-state index contributed by atoms with van der Waals surface area (Å²) in [7, 11) is -3.87. The van der Waals surface area contributed by atoms with Gasteiger partial charge < -0.3 is 20.0 Å². The van der Waals surface area contributed by atoms with Crippen molar-refractivity contribution in [1.82, 2.24) is 15.1 Å². The fourth-order valence-corrected chi connectivity index (χ4v) is 5.92. The summed E-state index contributed by atoms with van der Waals surface area (Å²) < 4.78 is 80.8. The standard InChI is InChI=1S/C26H29F5N5O8P/c1-14(33-22(39)25(27,28)26(29,30)31)20(37)34(3)18(10-15-8-9-15)21(38)35-12-24(11-19(35)32-2)16-6-4-5-7-17(16)36(23(24)40)13-44-45(41,42)43/h4-7,14-15,18-19H,8-13H2,1,3H3,(H,33,39)(H2,41,42,43)/t14-,18-,19-,24-/m0/s1. The van der Waals surface area contributed by atoms with Crippen molar-refractivity contribution in [3.05, 3.63) is 41.2 Å². The van der Waals surface area contributed by atoms with Gasteiger partial charge in [0.25, 0.3) is 5.91 Å². The van der Waals surface area contributed by atoms with E-state index in [0.29, 0.717) is 18.4 Å². The van der Waals surface area contributed by atoms with Crippen LogP contribution in [0.15, 0.2) is 24.3 Å². The molecule has 19 heteroatoms. The van der Waals surface area contributed by atoms with Crippen molar-refractivity contribution in [1.29, 1.82) is 0 Å². The van der Waals surface area contributed by atoms with Crippen LogP contribution in [0, 0.1) is 12.5 Å². The van der Waals surface area contributed by atoms with Gasteiger partial charge in [0.2, 0.25) is 11.8 Å². The number of alkyl halides is 5. The minimum atomic E-state index is -6.20. The average molecular weight is 666 g/mol. The molecule has 2 heterocycles. The van der Waals surface area contributed by atoms with E-state index in [1.165, 1.54) is 11.4 Å². The number of likely N-dealkylation sites (tertiary alicyclic amines) is 1. The van der Waals surface area contributed by atoms with E-state index < -0.39 is 73.9 Å². The van der Waals surface area contributed by atoms with Gasteiger partial charge in [-0.05, 0) is 30.9 Å². The number of fused-ring (bicyclic) bond motifs is 2. The molecule has 13 nitrogen and oxygen atoms in total. The van der Waals surface area contributed by atoms with Crippen molar-refractivity contribution in [2.45, 2.75) is 68.4 Å². The van der Waals surface area contributed by atoms with Gasteiger partial charge in [-0.2, -0.15) is 22.0 Å². The zero-order valence-electron chi connectivity index (χ0n) is 23.8. The molecule has 0 bridgehead atoms. The first-order chi connectivity index (χ1) is 20.7. The number of hydrogen-bond acceptors (Lipinski definition) is 6. The molecule has 0 aromatic heterocycles. The Balaban J connectivity index is 1.59. The van der Waals surface area contributed by atoms with Crippen molar-refractivity contribution in [3.8, 4) is 0 Å². The molecule has 1 aliphatic carbocycles. The Kier molecular flexibility index (Phi) is 9.08. The quantitative estimate of drug-likeness (QED) is 0.195. The number of hydrogen-bond donors (Lipinski definition) is 3. The molecule has 1 spiro atoms. The summed E-state index contributed by atoms with van der Waals surface area (Å²) in [6.45, 7) is 7.46. The van der Waals surface area contributed by atoms with Gasteiger partial charge >= 0.3 is 32.0 Å². The Bertz CT molecular complexity index is 1480. The summed E-state index contributed by atoms with van der Waals surface area (Å²) in [5.41, 5.74) is -0.897. The number of likely N-dealkylation sites (N-methyl/N-ethyl adjacent to an activating group) is 1. The van der Waals surface area contributed by atoms with Crippen LogP contribution in [0.2, 0.25) is 0 Å². The summed E-state index contributed by atoms with van der Waals surface area (Å²) in [6.07, 6.45) is -6.22. The number of anilines is 1. The first kappa shape index (κ1) is 34.2. The molecular formula is C26H29F5N5O8P. The zero-order valence-corrected chi connectivity index (χ0v) is 24.7. The maximum absolute atomic E-state index is 14.0. The topological polar surface area (TPSA) is 161 Å². The zero-order chi connectivity index (χ0) is 33.7. The summed E-state index contributed by atoms with van der Waals surface area (Å²) in [6, 6.07) is 3.02. The summed E-state index contributed by atoms with van der Waals surface area (Å²) in [5, 5.41) is 1.35.